The molecule has 0 saturated carbocycles. The topological polar surface area (TPSA) is 59.5 Å². The number of carbonyl (C=O) groups is 1. The molecule has 0 aliphatic carbocycles. The number of halogens is 3. The third kappa shape index (κ3) is 4.02. The van der Waals surface area contributed by atoms with Crippen LogP contribution in [0, 0.1) is 0 Å². The highest BCUT2D eigenvalue weighted by Crippen LogP contribution is 2.25. The summed E-state index contributed by atoms with van der Waals surface area (Å²) in [5.41, 5.74) is 1.54. The van der Waals surface area contributed by atoms with Gasteiger partial charge in [0.1, 0.15) is 11.3 Å². The van der Waals surface area contributed by atoms with Gasteiger partial charge < -0.3 is 13.7 Å². The number of benzene rings is 2. The van der Waals surface area contributed by atoms with Crippen molar-refractivity contribution in [2.45, 2.75) is 13.1 Å². The van der Waals surface area contributed by atoms with Crippen molar-refractivity contribution in [1.29, 1.82) is 0 Å². The van der Waals surface area contributed by atoms with Crippen LogP contribution in [0.2, 0.25) is 15.1 Å². The summed E-state index contributed by atoms with van der Waals surface area (Å²) in [7, 11) is 0. The molecule has 0 aliphatic heterocycles. The molecule has 8 heteroatoms. The second kappa shape index (κ2) is 7.87. The summed E-state index contributed by atoms with van der Waals surface area (Å²) in [5, 5.41) is 1.28. The molecule has 0 atom stereocenters. The highest BCUT2D eigenvalue weighted by Gasteiger charge is 2.22. The van der Waals surface area contributed by atoms with Crippen molar-refractivity contribution in [2.24, 2.45) is 0 Å². The molecule has 4 aromatic rings. The number of hydrogen-bond donors (Lipinski definition) is 0. The largest absolute Gasteiger partial charge is 0.467 e. The molecule has 0 N–H and O–H groups in total. The number of hydrogen-bond acceptors (Lipinski definition) is 4. The Balaban J connectivity index is 1.66. The molecule has 0 unspecified atom stereocenters. The fraction of sp³-hybridized carbons (Fsp3) is 0.100. The van der Waals surface area contributed by atoms with Gasteiger partial charge in [0.05, 0.1) is 29.9 Å². The first kappa shape index (κ1) is 18.9. The van der Waals surface area contributed by atoms with Crippen molar-refractivity contribution in [3.8, 4) is 0 Å². The first-order chi connectivity index (χ1) is 13.5. The maximum absolute atomic E-state index is 13.1. The molecule has 0 spiro atoms. The summed E-state index contributed by atoms with van der Waals surface area (Å²) >= 11 is 18.2. The van der Waals surface area contributed by atoms with Gasteiger partial charge >= 0.3 is 0 Å². The maximum atomic E-state index is 13.1. The summed E-state index contributed by atoms with van der Waals surface area (Å²) in [5.74, 6) is 0.707. The van der Waals surface area contributed by atoms with Crippen LogP contribution in [0.3, 0.4) is 0 Å². The van der Waals surface area contributed by atoms with Crippen LogP contribution in [-0.4, -0.2) is 15.8 Å². The van der Waals surface area contributed by atoms with Crippen LogP contribution in [-0.2, 0) is 13.1 Å². The van der Waals surface area contributed by atoms with Crippen molar-refractivity contribution >= 4 is 51.8 Å². The summed E-state index contributed by atoms with van der Waals surface area (Å²) in [4.78, 5) is 19.1. The van der Waals surface area contributed by atoms with E-state index in [1.54, 1.807) is 53.6 Å². The summed E-state index contributed by atoms with van der Waals surface area (Å²) in [6.07, 6.45) is 1.55. The lowest BCUT2D eigenvalue weighted by molar-refractivity contribution is 0.0702. The van der Waals surface area contributed by atoms with Gasteiger partial charge in [-0.3, -0.25) is 4.79 Å². The average molecular weight is 436 g/mol. The molecule has 2 aromatic carbocycles. The third-order valence-corrected chi connectivity index (χ3v) is 4.88. The van der Waals surface area contributed by atoms with Crippen LogP contribution in [0.4, 0.5) is 0 Å². The highest BCUT2D eigenvalue weighted by molar-refractivity contribution is 6.36. The van der Waals surface area contributed by atoms with Crippen LogP contribution in [0.25, 0.3) is 11.1 Å². The second-order valence-corrected chi connectivity index (χ2v) is 7.36. The highest BCUT2D eigenvalue weighted by atomic mass is 35.5. The van der Waals surface area contributed by atoms with Gasteiger partial charge in [0.25, 0.3) is 5.91 Å². The molecule has 0 fully saturated rings. The van der Waals surface area contributed by atoms with Gasteiger partial charge in [-0.2, -0.15) is 0 Å². The number of carbonyl (C=O) groups excluding carboxylic acids is 1. The van der Waals surface area contributed by atoms with Gasteiger partial charge in [-0.25, -0.2) is 4.98 Å². The van der Waals surface area contributed by atoms with E-state index in [0.717, 1.165) is 0 Å². The Labute approximate surface area is 175 Å². The van der Waals surface area contributed by atoms with Crippen molar-refractivity contribution in [3.63, 3.8) is 0 Å². The standard InChI is InChI=1S/C20H13Cl3N2O3/c21-12-3-5-15(16(23)8-12)20(26)25(10-14-2-1-7-27-14)11-19-24-17-9-13(22)4-6-18(17)28-19/h1-9H,10-11H2. The van der Waals surface area contributed by atoms with Crippen LogP contribution in [0.1, 0.15) is 22.0 Å². The van der Waals surface area contributed by atoms with Crippen molar-refractivity contribution < 1.29 is 13.6 Å². The molecule has 28 heavy (non-hydrogen) atoms. The van der Waals surface area contributed by atoms with E-state index in [1.165, 1.54) is 6.07 Å². The lowest BCUT2D eigenvalue weighted by Gasteiger charge is -2.20. The van der Waals surface area contributed by atoms with Crippen LogP contribution < -0.4 is 0 Å². The number of aromatic nitrogens is 1. The minimum absolute atomic E-state index is 0.130. The Kier molecular flexibility index (Phi) is 5.31. The molecule has 142 valence electrons. The lowest BCUT2D eigenvalue weighted by atomic mass is 10.2. The molecule has 2 aromatic heterocycles. The monoisotopic (exact) mass is 434 g/mol. The minimum Gasteiger partial charge on any atom is -0.467 e. The summed E-state index contributed by atoms with van der Waals surface area (Å²) < 4.78 is 11.2. The summed E-state index contributed by atoms with van der Waals surface area (Å²) in [6.45, 7) is 0.356. The van der Waals surface area contributed by atoms with Gasteiger partial charge in [0.15, 0.2) is 5.58 Å². The molecule has 1 amide bonds. The summed E-state index contributed by atoms with van der Waals surface area (Å²) in [6, 6.07) is 13.5. The molecule has 0 bridgehead atoms. The number of oxazole rings is 1. The minimum atomic E-state index is -0.293. The van der Waals surface area contributed by atoms with Gasteiger partial charge in [0, 0.05) is 10.0 Å². The maximum Gasteiger partial charge on any atom is 0.256 e. The van der Waals surface area contributed by atoms with E-state index in [2.05, 4.69) is 4.98 Å². The van der Waals surface area contributed by atoms with Gasteiger partial charge in [-0.1, -0.05) is 34.8 Å². The normalized spacial score (nSPS) is 11.1. The molecular formula is C20H13Cl3N2O3. The van der Waals surface area contributed by atoms with E-state index in [0.29, 0.717) is 38.4 Å². The lowest BCUT2D eigenvalue weighted by Crippen LogP contribution is -2.30. The molecule has 5 nitrogen and oxygen atoms in total. The number of amides is 1. The molecule has 0 radical (unpaired) electrons. The Bertz CT molecular complexity index is 1140. The second-order valence-electron chi connectivity index (χ2n) is 6.08. The fourth-order valence-corrected chi connectivity index (χ4v) is 3.46. The van der Waals surface area contributed by atoms with Crippen molar-refractivity contribution in [2.75, 3.05) is 0 Å². The number of furan rings is 1. The van der Waals surface area contributed by atoms with Gasteiger partial charge in [0.2, 0.25) is 5.89 Å². The van der Waals surface area contributed by atoms with Gasteiger partial charge in [-0.15, -0.1) is 0 Å². The number of nitrogens with zero attached hydrogens (tertiary/aromatic N) is 2. The Morgan fingerprint density at radius 3 is 2.54 bits per heavy atom. The SMILES string of the molecule is O=C(c1ccc(Cl)cc1Cl)N(Cc1ccco1)Cc1nc2cc(Cl)ccc2o1. The number of fused-ring (bicyclic) bond motifs is 1. The molecule has 4 rings (SSSR count). The zero-order valence-electron chi connectivity index (χ0n) is 14.4. The Hall–Kier alpha value is -2.47. The van der Waals surface area contributed by atoms with Gasteiger partial charge in [-0.05, 0) is 48.5 Å². The first-order valence-corrected chi connectivity index (χ1v) is 9.44. The van der Waals surface area contributed by atoms with E-state index < -0.39 is 0 Å². The first-order valence-electron chi connectivity index (χ1n) is 8.31. The predicted molar refractivity (Wildman–Crippen MR) is 108 cm³/mol. The van der Waals surface area contributed by atoms with E-state index in [9.17, 15) is 4.79 Å². The zero-order valence-corrected chi connectivity index (χ0v) is 16.6. The third-order valence-electron chi connectivity index (χ3n) is 4.10. The van der Waals surface area contributed by atoms with Crippen LogP contribution in [0.15, 0.2) is 63.6 Å². The van der Waals surface area contributed by atoms with E-state index in [4.69, 9.17) is 43.6 Å². The zero-order chi connectivity index (χ0) is 19.7. The molecule has 0 aliphatic rings. The van der Waals surface area contributed by atoms with E-state index in [-0.39, 0.29) is 24.0 Å². The predicted octanol–water partition coefficient (Wildman–Crippen LogP) is 6.22. The van der Waals surface area contributed by atoms with Crippen LogP contribution >= 0.6 is 34.8 Å². The molecular weight excluding hydrogens is 423 g/mol. The van der Waals surface area contributed by atoms with E-state index >= 15 is 0 Å². The smallest absolute Gasteiger partial charge is 0.256 e. The Morgan fingerprint density at radius 1 is 1.00 bits per heavy atom. The molecule has 0 saturated heterocycles. The number of rotatable bonds is 5. The fourth-order valence-electron chi connectivity index (χ4n) is 2.80. The van der Waals surface area contributed by atoms with Crippen molar-refractivity contribution in [3.05, 3.63) is 87.1 Å². The molecule has 2 heterocycles. The average Bonchev–Trinajstić information content (AvgIpc) is 3.29. The Morgan fingerprint density at radius 2 is 1.79 bits per heavy atom. The van der Waals surface area contributed by atoms with Crippen molar-refractivity contribution in [1.82, 2.24) is 9.88 Å². The van der Waals surface area contributed by atoms with E-state index in [1.807, 2.05) is 0 Å². The quantitative estimate of drug-likeness (QED) is 0.373. The van der Waals surface area contributed by atoms with Crippen LogP contribution in [0.5, 0.6) is 0 Å².